The quantitative estimate of drug-likeness (QED) is 0.785. The number of carbonyl (C=O) groups excluding carboxylic acids is 1. The van der Waals surface area contributed by atoms with Gasteiger partial charge in [0.1, 0.15) is 0 Å². The molecule has 0 spiro atoms. The maximum Gasteiger partial charge on any atom is 0.220 e. The highest BCUT2D eigenvalue weighted by Crippen LogP contribution is 2.51. The van der Waals surface area contributed by atoms with Crippen LogP contribution < -0.4 is 10.6 Å². The predicted octanol–water partition coefficient (Wildman–Crippen LogP) is 3.63. The fourth-order valence-corrected chi connectivity index (χ4v) is 4.29. The Balaban J connectivity index is 0.00000192. The van der Waals surface area contributed by atoms with Crippen LogP contribution in [0.5, 0.6) is 0 Å². The first-order valence-electron chi connectivity index (χ1n) is 8.47. The first-order chi connectivity index (χ1) is 10.8. The SMILES string of the molecule is Cl.O=C(CCC1CCNCC1)NCC1(Sc2ccccc2)CC1. The lowest BCUT2D eigenvalue weighted by Crippen LogP contribution is -2.33. The molecule has 1 saturated carbocycles. The maximum atomic E-state index is 12.1. The van der Waals surface area contributed by atoms with E-state index in [1.807, 2.05) is 17.8 Å². The summed E-state index contributed by atoms with van der Waals surface area (Å²) >= 11 is 1.92. The standard InChI is InChI=1S/C18H26N2OS.ClH/c21-17(7-6-15-8-12-19-13-9-15)20-14-18(10-11-18)22-16-4-2-1-3-5-16;/h1-5,15,19H,6-14H2,(H,20,21);1H. The third-order valence-corrected chi connectivity index (χ3v) is 6.22. The number of hydrogen-bond donors (Lipinski definition) is 2. The molecule has 0 aromatic heterocycles. The minimum Gasteiger partial charge on any atom is -0.355 e. The Bertz CT molecular complexity index is 487. The Morgan fingerprint density at radius 1 is 1.22 bits per heavy atom. The van der Waals surface area contributed by atoms with Gasteiger partial charge in [0.2, 0.25) is 5.91 Å². The molecule has 1 aliphatic heterocycles. The Hall–Kier alpha value is -0.710. The summed E-state index contributed by atoms with van der Waals surface area (Å²) in [6.45, 7) is 3.05. The van der Waals surface area contributed by atoms with Crippen molar-refractivity contribution in [2.75, 3.05) is 19.6 Å². The molecule has 128 valence electrons. The lowest BCUT2D eigenvalue weighted by molar-refractivity contribution is -0.121. The molecule has 2 aliphatic rings. The molecule has 3 rings (SSSR count). The van der Waals surface area contributed by atoms with Crippen LogP contribution in [0, 0.1) is 5.92 Å². The smallest absolute Gasteiger partial charge is 0.220 e. The summed E-state index contributed by atoms with van der Waals surface area (Å²) in [6, 6.07) is 10.5. The lowest BCUT2D eigenvalue weighted by atomic mass is 9.93. The summed E-state index contributed by atoms with van der Waals surface area (Å²) in [6.07, 6.45) is 6.60. The summed E-state index contributed by atoms with van der Waals surface area (Å²) in [4.78, 5) is 13.4. The zero-order valence-corrected chi connectivity index (χ0v) is 15.2. The van der Waals surface area contributed by atoms with Gasteiger partial charge in [0.15, 0.2) is 0 Å². The first kappa shape index (κ1) is 18.6. The molecule has 5 heteroatoms. The van der Waals surface area contributed by atoms with E-state index in [0.717, 1.165) is 32.0 Å². The fourth-order valence-electron chi connectivity index (χ4n) is 3.05. The molecule has 0 bridgehead atoms. The van der Waals surface area contributed by atoms with Crippen molar-refractivity contribution in [3.63, 3.8) is 0 Å². The third-order valence-electron chi connectivity index (χ3n) is 4.73. The Morgan fingerprint density at radius 3 is 2.57 bits per heavy atom. The molecule has 2 N–H and O–H groups in total. The first-order valence-corrected chi connectivity index (χ1v) is 9.29. The molecule has 0 radical (unpaired) electrons. The highest BCUT2D eigenvalue weighted by molar-refractivity contribution is 8.01. The van der Waals surface area contributed by atoms with Gasteiger partial charge < -0.3 is 10.6 Å². The second-order valence-electron chi connectivity index (χ2n) is 6.61. The number of thioether (sulfide) groups is 1. The number of nitrogens with one attached hydrogen (secondary N) is 2. The van der Waals surface area contributed by atoms with E-state index in [0.29, 0.717) is 6.42 Å². The molecule has 1 aromatic rings. The van der Waals surface area contributed by atoms with E-state index in [9.17, 15) is 4.79 Å². The number of piperidine rings is 1. The van der Waals surface area contributed by atoms with Gasteiger partial charge in [-0.2, -0.15) is 0 Å². The van der Waals surface area contributed by atoms with E-state index in [4.69, 9.17) is 0 Å². The zero-order valence-electron chi connectivity index (χ0n) is 13.6. The third kappa shape index (κ3) is 6.02. The summed E-state index contributed by atoms with van der Waals surface area (Å²) in [5.74, 6) is 0.971. The summed E-state index contributed by atoms with van der Waals surface area (Å²) in [5, 5.41) is 6.55. The number of halogens is 1. The highest BCUT2D eigenvalue weighted by atomic mass is 35.5. The van der Waals surface area contributed by atoms with Crippen LogP contribution >= 0.6 is 24.2 Å². The van der Waals surface area contributed by atoms with Crippen molar-refractivity contribution < 1.29 is 4.79 Å². The molecule has 23 heavy (non-hydrogen) atoms. The van der Waals surface area contributed by atoms with Crippen LogP contribution in [0.25, 0.3) is 0 Å². The van der Waals surface area contributed by atoms with Gasteiger partial charge in [-0.25, -0.2) is 0 Å². The fraction of sp³-hybridized carbons (Fsp3) is 0.611. The molecule has 0 atom stereocenters. The molecule has 1 amide bonds. The van der Waals surface area contributed by atoms with Crippen LogP contribution in [0.2, 0.25) is 0 Å². The summed E-state index contributed by atoms with van der Waals surface area (Å²) < 4.78 is 0.256. The van der Waals surface area contributed by atoms with Gasteiger partial charge in [0.25, 0.3) is 0 Å². The van der Waals surface area contributed by atoms with Gasteiger partial charge in [0, 0.05) is 22.6 Å². The van der Waals surface area contributed by atoms with Crippen LogP contribution in [0.15, 0.2) is 35.2 Å². The zero-order chi connectivity index (χ0) is 15.3. The van der Waals surface area contributed by atoms with E-state index in [1.165, 1.54) is 30.6 Å². The molecular formula is C18H27ClN2OS. The lowest BCUT2D eigenvalue weighted by Gasteiger charge is -2.22. The average molecular weight is 355 g/mol. The van der Waals surface area contributed by atoms with E-state index in [-0.39, 0.29) is 23.1 Å². The van der Waals surface area contributed by atoms with E-state index < -0.39 is 0 Å². The number of rotatable bonds is 7. The minimum absolute atomic E-state index is 0. The Morgan fingerprint density at radius 2 is 1.91 bits per heavy atom. The van der Waals surface area contributed by atoms with E-state index in [1.54, 1.807) is 0 Å². The number of amides is 1. The van der Waals surface area contributed by atoms with E-state index >= 15 is 0 Å². The van der Waals surface area contributed by atoms with Crippen molar-refractivity contribution in [3.8, 4) is 0 Å². The number of carbonyl (C=O) groups is 1. The van der Waals surface area contributed by atoms with Crippen LogP contribution in [0.3, 0.4) is 0 Å². The minimum atomic E-state index is 0. The Kier molecular flexibility index (Phi) is 7.25. The van der Waals surface area contributed by atoms with E-state index in [2.05, 4.69) is 34.9 Å². The largest absolute Gasteiger partial charge is 0.355 e. The highest BCUT2D eigenvalue weighted by Gasteiger charge is 2.43. The van der Waals surface area contributed by atoms with Crippen molar-refractivity contribution in [1.29, 1.82) is 0 Å². The predicted molar refractivity (Wildman–Crippen MR) is 99.3 cm³/mol. The molecule has 1 saturated heterocycles. The van der Waals surface area contributed by atoms with Gasteiger partial charge >= 0.3 is 0 Å². The van der Waals surface area contributed by atoms with Crippen molar-refractivity contribution in [1.82, 2.24) is 10.6 Å². The average Bonchev–Trinajstić information content (AvgIpc) is 3.33. The molecular weight excluding hydrogens is 328 g/mol. The van der Waals surface area contributed by atoms with Crippen LogP contribution in [0.4, 0.5) is 0 Å². The molecule has 0 unspecified atom stereocenters. The second-order valence-corrected chi connectivity index (χ2v) is 8.15. The van der Waals surface area contributed by atoms with Gasteiger partial charge in [-0.05, 0) is 63.2 Å². The molecule has 2 fully saturated rings. The van der Waals surface area contributed by atoms with Crippen molar-refractivity contribution in [3.05, 3.63) is 30.3 Å². The molecule has 1 heterocycles. The van der Waals surface area contributed by atoms with Gasteiger partial charge in [0.05, 0.1) is 0 Å². The van der Waals surface area contributed by atoms with Crippen LogP contribution in [-0.2, 0) is 4.79 Å². The van der Waals surface area contributed by atoms with Crippen molar-refractivity contribution >= 4 is 30.1 Å². The van der Waals surface area contributed by atoms with Crippen LogP contribution in [0.1, 0.15) is 38.5 Å². The molecule has 1 aliphatic carbocycles. The monoisotopic (exact) mass is 354 g/mol. The van der Waals surface area contributed by atoms with Crippen LogP contribution in [-0.4, -0.2) is 30.3 Å². The second kappa shape index (κ2) is 8.95. The number of benzene rings is 1. The van der Waals surface area contributed by atoms with Gasteiger partial charge in [-0.3, -0.25) is 4.79 Å². The van der Waals surface area contributed by atoms with Gasteiger partial charge in [-0.15, -0.1) is 24.2 Å². The topological polar surface area (TPSA) is 41.1 Å². The summed E-state index contributed by atoms with van der Waals surface area (Å²) in [7, 11) is 0. The van der Waals surface area contributed by atoms with Crippen molar-refractivity contribution in [2.24, 2.45) is 5.92 Å². The van der Waals surface area contributed by atoms with Crippen molar-refractivity contribution in [2.45, 2.75) is 48.2 Å². The number of hydrogen-bond acceptors (Lipinski definition) is 3. The maximum absolute atomic E-state index is 12.1. The molecule has 3 nitrogen and oxygen atoms in total. The van der Waals surface area contributed by atoms with Gasteiger partial charge in [-0.1, -0.05) is 18.2 Å². The molecule has 1 aromatic carbocycles. The Labute approximate surface area is 149 Å². The normalized spacial score (nSPS) is 19.7. The summed E-state index contributed by atoms with van der Waals surface area (Å²) in [5.41, 5.74) is 0.